The molecule has 0 saturated carbocycles. The molecule has 0 spiro atoms. The zero-order valence-corrected chi connectivity index (χ0v) is 9.71. The summed E-state index contributed by atoms with van der Waals surface area (Å²) in [4.78, 5) is 2.37. The quantitative estimate of drug-likeness (QED) is 0.705. The van der Waals surface area contributed by atoms with Crippen LogP contribution in [-0.4, -0.2) is 48.3 Å². The maximum Gasteiger partial charge on any atom is 0.0664 e. The Labute approximate surface area is 87.5 Å². The summed E-state index contributed by atoms with van der Waals surface area (Å²) in [5.74, 6) is 0. The van der Waals surface area contributed by atoms with Crippen molar-refractivity contribution in [3.63, 3.8) is 0 Å². The zero-order chi connectivity index (χ0) is 10.6. The summed E-state index contributed by atoms with van der Waals surface area (Å²) in [6.45, 7) is 7.37. The first-order valence-corrected chi connectivity index (χ1v) is 5.69. The molecule has 0 amide bonds. The number of likely N-dealkylation sites (tertiary alicyclic amines) is 1. The molecule has 1 rings (SSSR count). The van der Waals surface area contributed by atoms with Crippen molar-refractivity contribution in [3.8, 4) is 0 Å². The van der Waals surface area contributed by atoms with Gasteiger partial charge in [0, 0.05) is 12.1 Å². The highest BCUT2D eigenvalue weighted by molar-refractivity contribution is 4.88. The van der Waals surface area contributed by atoms with Crippen LogP contribution in [0.25, 0.3) is 0 Å². The summed E-state index contributed by atoms with van der Waals surface area (Å²) < 4.78 is 0. The Morgan fingerprint density at radius 1 is 1.43 bits per heavy atom. The molecule has 0 aromatic carbocycles. The number of rotatable bonds is 4. The van der Waals surface area contributed by atoms with Crippen LogP contribution < -0.4 is 5.32 Å². The lowest BCUT2D eigenvalue weighted by Crippen LogP contribution is -2.51. The molecular weight excluding hydrogens is 176 g/mol. The van der Waals surface area contributed by atoms with Crippen LogP contribution in [0.5, 0.6) is 0 Å². The lowest BCUT2D eigenvalue weighted by Gasteiger charge is -2.39. The van der Waals surface area contributed by atoms with Crippen molar-refractivity contribution in [1.29, 1.82) is 0 Å². The van der Waals surface area contributed by atoms with Crippen molar-refractivity contribution in [2.24, 2.45) is 0 Å². The molecule has 0 radical (unpaired) electrons. The Balaban J connectivity index is 2.29. The SMILES string of the molecule is CCC(O)CN1CCC(C)(NC)CC1. The fourth-order valence-electron chi connectivity index (χ4n) is 1.91. The molecular formula is C11H24N2O. The summed E-state index contributed by atoms with van der Waals surface area (Å²) >= 11 is 0. The van der Waals surface area contributed by atoms with E-state index in [1.54, 1.807) is 0 Å². The van der Waals surface area contributed by atoms with E-state index in [0.29, 0.717) is 5.54 Å². The Kier molecular flexibility index (Phi) is 4.35. The molecule has 0 aromatic rings. The van der Waals surface area contributed by atoms with Crippen LogP contribution in [0.15, 0.2) is 0 Å². The molecule has 0 bridgehead atoms. The summed E-state index contributed by atoms with van der Waals surface area (Å²) in [5, 5.41) is 12.9. The van der Waals surface area contributed by atoms with Gasteiger partial charge in [-0.2, -0.15) is 0 Å². The van der Waals surface area contributed by atoms with E-state index >= 15 is 0 Å². The van der Waals surface area contributed by atoms with Crippen LogP contribution in [-0.2, 0) is 0 Å². The Bertz CT molecular complexity index is 165. The molecule has 0 aromatic heterocycles. The Hall–Kier alpha value is -0.120. The molecule has 1 saturated heterocycles. The summed E-state index contributed by atoms with van der Waals surface area (Å²) in [5.41, 5.74) is 0.313. The fraction of sp³-hybridized carbons (Fsp3) is 1.00. The van der Waals surface area contributed by atoms with Crippen molar-refractivity contribution < 1.29 is 5.11 Å². The number of hydrogen-bond donors (Lipinski definition) is 2. The second kappa shape index (κ2) is 5.10. The third-order valence-electron chi connectivity index (χ3n) is 3.50. The topological polar surface area (TPSA) is 35.5 Å². The van der Waals surface area contributed by atoms with E-state index in [-0.39, 0.29) is 6.10 Å². The lowest BCUT2D eigenvalue weighted by atomic mass is 9.90. The Morgan fingerprint density at radius 3 is 2.43 bits per heavy atom. The molecule has 2 N–H and O–H groups in total. The van der Waals surface area contributed by atoms with Gasteiger partial charge in [-0.3, -0.25) is 0 Å². The summed E-state index contributed by atoms with van der Waals surface area (Å²) in [6, 6.07) is 0. The third kappa shape index (κ3) is 3.23. The van der Waals surface area contributed by atoms with Gasteiger partial charge >= 0.3 is 0 Å². The number of nitrogens with one attached hydrogen (secondary N) is 1. The molecule has 3 nitrogen and oxygen atoms in total. The van der Waals surface area contributed by atoms with Crippen molar-refractivity contribution in [2.75, 3.05) is 26.7 Å². The van der Waals surface area contributed by atoms with E-state index in [1.807, 2.05) is 14.0 Å². The van der Waals surface area contributed by atoms with Crippen LogP contribution in [0, 0.1) is 0 Å². The number of hydrogen-bond acceptors (Lipinski definition) is 3. The number of piperidine rings is 1. The first kappa shape index (κ1) is 12.0. The van der Waals surface area contributed by atoms with Gasteiger partial charge in [0.15, 0.2) is 0 Å². The largest absolute Gasteiger partial charge is 0.392 e. The molecule has 14 heavy (non-hydrogen) atoms. The highest BCUT2D eigenvalue weighted by atomic mass is 16.3. The second-order valence-electron chi connectivity index (χ2n) is 4.67. The van der Waals surface area contributed by atoms with E-state index in [9.17, 15) is 5.11 Å². The van der Waals surface area contributed by atoms with E-state index in [0.717, 1.165) is 26.1 Å². The molecule has 1 atom stereocenters. The maximum absolute atomic E-state index is 9.54. The van der Waals surface area contributed by atoms with Gasteiger partial charge in [0.05, 0.1) is 6.10 Å². The van der Waals surface area contributed by atoms with Crippen molar-refractivity contribution >= 4 is 0 Å². The smallest absolute Gasteiger partial charge is 0.0664 e. The minimum Gasteiger partial charge on any atom is -0.392 e. The maximum atomic E-state index is 9.54. The predicted octanol–water partition coefficient (Wildman–Crippen LogP) is 0.831. The number of nitrogens with zero attached hydrogens (tertiary/aromatic N) is 1. The Morgan fingerprint density at radius 2 is 2.00 bits per heavy atom. The van der Waals surface area contributed by atoms with Crippen LogP contribution in [0.4, 0.5) is 0 Å². The molecule has 3 heteroatoms. The number of aliphatic hydroxyl groups is 1. The fourth-order valence-corrected chi connectivity index (χ4v) is 1.91. The average Bonchev–Trinajstić information content (AvgIpc) is 2.21. The standard InChI is InChI=1S/C11H24N2O/c1-4-10(14)9-13-7-5-11(2,12-3)6-8-13/h10,12,14H,4-9H2,1-3H3. The minimum absolute atomic E-state index is 0.144. The van der Waals surface area contributed by atoms with E-state index in [1.165, 1.54) is 12.8 Å². The van der Waals surface area contributed by atoms with Crippen molar-refractivity contribution in [3.05, 3.63) is 0 Å². The number of β-amino-alcohol motifs (C(OH)–C–C–N with tert-alkyl or cyclic N) is 1. The number of aliphatic hydroxyl groups excluding tert-OH is 1. The van der Waals surface area contributed by atoms with Crippen LogP contribution in [0.2, 0.25) is 0 Å². The van der Waals surface area contributed by atoms with Gasteiger partial charge < -0.3 is 15.3 Å². The monoisotopic (exact) mass is 200 g/mol. The van der Waals surface area contributed by atoms with Gasteiger partial charge in [-0.15, -0.1) is 0 Å². The highest BCUT2D eigenvalue weighted by Crippen LogP contribution is 2.21. The van der Waals surface area contributed by atoms with Gasteiger partial charge in [0.25, 0.3) is 0 Å². The summed E-state index contributed by atoms with van der Waals surface area (Å²) in [6.07, 6.45) is 3.08. The second-order valence-corrected chi connectivity index (χ2v) is 4.67. The van der Waals surface area contributed by atoms with E-state index in [4.69, 9.17) is 0 Å². The molecule has 1 aliphatic heterocycles. The average molecular weight is 200 g/mol. The normalized spacial score (nSPS) is 24.9. The van der Waals surface area contributed by atoms with E-state index in [2.05, 4.69) is 17.1 Å². The molecule has 1 fully saturated rings. The van der Waals surface area contributed by atoms with Crippen LogP contribution in [0.1, 0.15) is 33.1 Å². The predicted molar refractivity (Wildman–Crippen MR) is 59.4 cm³/mol. The molecule has 1 aliphatic rings. The first-order valence-electron chi connectivity index (χ1n) is 5.69. The van der Waals surface area contributed by atoms with Gasteiger partial charge in [0.1, 0.15) is 0 Å². The van der Waals surface area contributed by atoms with Crippen LogP contribution in [0.3, 0.4) is 0 Å². The zero-order valence-electron chi connectivity index (χ0n) is 9.71. The molecule has 0 aliphatic carbocycles. The highest BCUT2D eigenvalue weighted by Gasteiger charge is 2.28. The van der Waals surface area contributed by atoms with Crippen molar-refractivity contribution in [2.45, 2.75) is 44.8 Å². The van der Waals surface area contributed by atoms with Gasteiger partial charge in [-0.25, -0.2) is 0 Å². The molecule has 1 heterocycles. The van der Waals surface area contributed by atoms with Crippen LogP contribution >= 0.6 is 0 Å². The first-order chi connectivity index (χ1) is 6.59. The van der Waals surface area contributed by atoms with Crippen molar-refractivity contribution in [1.82, 2.24) is 10.2 Å². The molecule has 84 valence electrons. The summed E-state index contributed by atoms with van der Waals surface area (Å²) in [7, 11) is 2.04. The lowest BCUT2D eigenvalue weighted by molar-refractivity contribution is 0.0776. The van der Waals surface area contributed by atoms with Gasteiger partial charge in [-0.1, -0.05) is 6.92 Å². The minimum atomic E-state index is -0.144. The van der Waals surface area contributed by atoms with E-state index < -0.39 is 0 Å². The van der Waals surface area contributed by atoms with Gasteiger partial charge in [-0.05, 0) is 46.3 Å². The molecule has 1 unspecified atom stereocenters. The van der Waals surface area contributed by atoms with Gasteiger partial charge in [0.2, 0.25) is 0 Å². The third-order valence-corrected chi connectivity index (χ3v) is 3.50.